The Kier molecular flexibility index (Phi) is 9.67. The van der Waals surface area contributed by atoms with Crippen molar-refractivity contribution >= 4 is 23.4 Å². The highest BCUT2D eigenvalue weighted by Crippen LogP contribution is 2.24. The van der Waals surface area contributed by atoms with Gasteiger partial charge in [-0.2, -0.15) is 0 Å². The van der Waals surface area contributed by atoms with E-state index in [1.807, 2.05) is 44.2 Å². The van der Waals surface area contributed by atoms with E-state index in [9.17, 15) is 14.0 Å². The fraction of sp³-hybridized carbons (Fsp3) is 0.286. The van der Waals surface area contributed by atoms with Gasteiger partial charge in [0.2, 0.25) is 5.91 Å². The third-order valence-electron chi connectivity index (χ3n) is 5.44. The molecule has 7 heteroatoms. The number of benzene rings is 3. The second-order valence-corrected chi connectivity index (χ2v) is 9.08. The molecule has 3 rings (SSSR count). The number of carbonyl (C=O) groups excluding carboxylic acids is 2. The minimum absolute atomic E-state index is 0.0794. The number of nitrogens with one attached hydrogen (secondary N) is 1. The van der Waals surface area contributed by atoms with Crippen LogP contribution in [0, 0.1) is 11.7 Å². The van der Waals surface area contributed by atoms with E-state index in [2.05, 4.69) is 5.32 Å². The summed E-state index contributed by atoms with van der Waals surface area (Å²) in [6.07, 6.45) is 0.275. The first-order valence-corrected chi connectivity index (χ1v) is 11.9. The summed E-state index contributed by atoms with van der Waals surface area (Å²) in [4.78, 5) is 28.2. The molecule has 0 fully saturated rings. The lowest BCUT2D eigenvalue weighted by atomic mass is 10.0. The van der Waals surface area contributed by atoms with Gasteiger partial charge in [-0.1, -0.05) is 86.1 Å². The quantitative estimate of drug-likeness (QED) is 0.393. The number of nitrogens with zero attached hydrogens (tertiary/aromatic N) is 1. The molecule has 0 radical (unpaired) electrons. The number of hydrogen-bond donors (Lipinski definition) is 1. The van der Waals surface area contributed by atoms with Crippen LogP contribution in [0.25, 0.3) is 0 Å². The molecule has 3 aromatic rings. The summed E-state index contributed by atoms with van der Waals surface area (Å²) >= 11 is 6.17. The Morgan fingerprint density at radius 2 is 1.63 bits per heavy atom. The minimum atomic E-state index is -0.863. The summed E-state index contributed by atoms with van der Waals surface area (Å²) in [7, 11) is 0. The van der Waals surface area contributed by atoms with Crippen LogP contribution in [0.3, 0.4) is 0 Å². The summed E-state index contributed by atoms with van der Waals surface area (Å²) in [5.41, 5.74) is 1.20. The predicted molar refractivity (Wildman–Crippen MR) is 136 cm³/mol. The summed E-state index contributed by atoms with van der Waals surface area (Å²) in [6, 6.07) is 21.6. The van der Waals surface area contributed by atoms with Crippen molar-refractivity contribution in [3.05, 3.63) is 101 Å². The molecule has 184 valence electrons. The van der Waals surface area contributed by atoms with Gasteiger partial charge < -0.3 is 15.0 Å². The second-order valence-electron chi connectivity index (χ2n) is 8.68. The monoisotopic (exact) mass is 496 g/mol. The van der Waals surface area contributed by atoms with Gasteiger partial charge in [-0.25, -0.2) is 4.39 Å². The number of carbonyl (C=O) groups is 2. The third-order valence-corrected chi connectivity index (χ3v) is 5.75. The molecule has 1 atom stereocenters. The zero-order valence-electron chi connectivity index (χ0n) is 19.9. The second kappa shape index (κ2) is 12.9. The largest absolute Gasteiger partial charge is 0.482 e. The fourth-order valence-electron chi connectivity index (χ4n) is 3.57. The lowest BCUT2D eigenvalue weighted by Crippen LogP contribution is -2.52. The maximum absolute atomic E-state index is 14.6. The van der Waals surface area contributed by atoms with Crippen molar-refractivity contribution in [2.75, 3.05) is 13.2 Å². The van der Waals surface area contributed by atoms with Crippen LogP contribution in [0.15, 0.2) is 78.9 Å². The molecule has 0 aromatic heterocycles. The Labute approximate surface area is 210 Å². The number of halogens is 2. The van der Waals surface area contributed by atoms with E-state index in [4.69, 9.17) is 16.3 Å². The Morgan fingerprint density at radius 3 is 2.31 bits per heavy atom. The standard InChI is InChI=1S/C28H30ClFN2O3/c1-20(2)17-31-28(34)25(16-21-10-4-3-5-11-21)32(18-22-12-6-8-14-24(22)30)27(33)19-35-26-15-9-7-13-23(26)29/h3-15,20,25H,16-19H2,1-2H3,(H,31,34). The number of amides is 2. The zero-order chi connectivity index (χ0) is 25.2. The highest BCUT2D eigenvalue weighted by atomic mass is 35.5. The average molecular weight is 497 g/mol. The Bertz CT molecular complexity index is 1120. The summed E-state index contributed by atoms with van der Waals surface area (Å²) in [5, 5.41) is 3.30. The van der Waals surface area contributed by atoms with Gasteiger partial charge in [0, 0.05) is 25.1 Å². The minimum Gasteiger partial charge on any atom is -0.482 e. The van der Waals surface area contributed by atoms with Crippen LogP contribution >= 0.6 is 11.6 Å². The molecule has 3 aromatic carbocycles. The van der Waals surface area contributed by atoms with Crippen molar-refractivity contribution < 1.29 is 18.7 Å². The van der Waals surface area contributed by atoms with E-state index >= 15 is 0 Å². The number of rotatable bonds is 11. The number of hydrogen-bond acceptors (Lipinski definition) is 3. The topological polar surface area (TPSA) is 58.6 Å². The van der Waals surface area contributed by atoms with Gasteiger partial charge in [-0.05, 0) is 29.7 Å². The molecule has 5 nitrogen and oxygen atoms in total. The normalized spacial score (nSPS) is 11.7. The first kappa shape index (κ1) is 26.2. The van der Waals surface area contributed by atoms with E-state index in [1.165, 1.54) is 11.0 Å². The molecule has 1 N–H and O–H groups in total. The first-order valence-electron chi connectivity index (χ1n) is 11.6. The van der Waals surface area contributed by atoms with Crippen LogP contribution < -0.4 is 10.1 Å². The van der Waals surface area contributed by atoms with Crippen molar-refractivity contribution in [2.45, 2.75) is 32.9 Å². The van der Waals surface area contributed by atoms with Gasteiger partial charge in [-0.3, -0.25) is 9.59 Å². The highest BCUT2D eigenvalue weighted by Gasteiger charge is 2.31. The molecule has 0 aliphatic rings. The van der Waals surface area contributed by atoms with Crippen molar-refractivity contribution in [2.24, 2.45) is 5.92 Å². The van der Waals surface area contributed by atoms with Crippen molar-refractivity contribution in [3.8, 4) is 5.75 Å². The maximum Gasteiger partial charge on any atom is 0.261 e. The van der Waals surface area contributed by atoms with Gasteiger partial charge in [0.15, 0.2) is 6.61 Å². The van der Waals surface area contributed by atoms with Gasteiger partial charge in [-0.15, -0.1) is 0 Å². The maximum atomic E-state index is 14.6. The summed E-state index contributed by atoms with van der Waals surface area (Å²) in [6.45, 7) is 4.02. The Morgan fingerprint density at radius 1 is 0.971 bits per heavy atom. The van der Waals surface area contributed by atoms with Crippen LogP contribution in [-0.2, 0) is 22.6 Å². The van der Waals surface area contributed by atoms with E-state index in [0.29, 0.717) is 22.9 Å². The summed E-state index contributed by atoms with van der Waals surface area (Å²) < 4.78 is 20.3. The lowest BCUT2D eigenvalue weighted by molar-refractivity contribution is -0.142. The van der Waals surface area contributed by atoms with Crippen LogP contribution in [0.4, 0.5) is 4.39 Å². The molecule has 0 bridgehead atoms. The van der Waals surface area contributed by atoms with Gasteiger partial charge >= 0.3 is 0 Å². The van der Waals surface area contributed by atoms with Gasteiger partial charge in [0.05, 0.1) is 5.02 Å². The van der Waals surface area contributed by atoms with Crippen LogP contribution in [-0.4, -0.2) is 35.9 Å². The highest BCUT2D eigenvalue weighted by molar-refractivity contribution is 6.32. The number of ether oxygens (including phenoxy) is 1. The fourth-order valence-corrected chi connectivity index (χ4v) is 3.76. The van der Waals surface area contributed by atoms with Crippen LogP contribution in [0.2, 0.25) is 5.02 Å². The summed E-state index contributed by atoms with van der Waals surface area (Å²) in [5.74, 6) is -0.606. The van der Waals surface area contributed by atoms with Gasteiger partial charge in [0.25, 0.3) is 5.91 Å². The Balaban J connectivity index is 1.92. The SMILES string of the molecule is CC(C)CNC(=O)C(Cc1ccccc1)N(Cc1ccccc1F)C(=O)COc1ccccc1Cl. The Hall–Kier alpha value is -3.38. The predicted octanol–water partition coefficient (Wildman–Crippen LogP) is 5.27. The van der Waals surface area contributed by atoms with Crippen LogP contribution in [0.1, 0.15) is 25.0 Å². The van der Waals surface area contributed by atoms with Crippen molar-refractivity contribution in [1.29, 1.82) is 0 Å². The van der Waals surface area contributed by atoms with Crippen molar-refractivity contribution in [1.82, 2.24) is 10.2 Å². The van der Waals surface area contributed by atoms with Crippen molar-refractivity contribution in [3.63, 3.8) is 0 Å². The molecule has 0 saturated carbocycles. The molecule has 0 aliphatic carbocycles. The average Bonchev–Trinajstić information content (AvgIpc) is 2.85. The van der Waals surface area contributed by atoms with Gasteiger partial charge in [0.1, 0.15) is 17.6 Å². The lowest BCUT2D eigenvalue weighted by Gasteiger charge is -2.31. The van der Waals surface area contributed by atoms with E-state index in [1.54, 1.807) is 42.5 Å². The third kappa shape index (κ3) is 7.82. The molecule has 1 unspecified atom stereocenters. The van der Waals surface area contributed by atoms with Crippen LogP contribution in [0.5, 0.6) is 5.75 Å². The molecule has 0 spiro atoms. The first-order chi connectivity index (χ1) is 16.8. The van der Waals surface area contributed by atoms with E-state index in [0.717, 1.165) is 5.56 Å². The smallest absolute Gasteiger partial charge is 0.261 e. The molecule has 2 amide bonds. The molecule has 0 saturated heterocycles. The molecule has 0 heterocycles. The molecule has 35 heavy (non-hydrogen) atoms. The molecule has 0 aliphatic heterocycles. The molecular formula is C28H30ClFN2O3. The zero-order valence-corrected chi connectivity index (χ0v) is 20.7. The number of para-hydroxylation sites is 1. The van der Waals surface area contributed by atoms with E-state index in [-0.39, 0.29) is 31.4 Å². The molecular weight excluding hydrogens is 467 g/mol. The van der Waals surface area contributed by atoms with E-state index < -0.39 is 17.8 Å².